The van der Waals surface area contributed by atoms with Crippen LogP contribution in [-0.2, 0) is 0 Å². The molecule has 0 aromatic carbocycles. The Bertz CT molecular complexity index is 127. The van der Waals surface area contributed by atoms with E-state index in [0.717, 1.165) is 12.8 Å². The van der Waals surface area contributed by atoms with Crippen molar-refractivity contribution in [2.24, 2.45) is 5.18 Å². The first-order valence-electron chi connectivity index (χ1n) is 3.86. The van der Waals surface area contributed by atoms with Crippen molar-refractivity contribution >= 4 is 0 Å². The number of rotatable bonds is 2. The van der Waals surface area contributed by atoms with Gasteiger partial charge in [0, 0.05) is 12.1 Å². The lowest BCUT2D eigenvalue weighted by Crippen LogP contribution is -2.30. The van der Waals surface area contributed by atoms with Gasteiger partial charge in [-0.3, -0.25) is 0 Å². The molecular formula is C7H14N2O. The van der Waals surface area contributed by atoms with E-state index in [4.69, 9.17) is 0 Å². The molecule has 3 heteroatoms. The van der Waals surface area contributed by atoms with Gasteiger partial charge in [0.2, 0.25) is 0 Å². The van der Waals surface area contributed by atoms with Crippen molar-refractivity contribution in [3.05, 3.63) is 4.91 Å². The monoisotopic (exact) mass is 142 g/mol. The molecule has 3 atom stereocenters. The van der Waals surface area contributed by atoms with Crippen LogP contribution in [0.5, 0.6) is 0 Å². The molecule has 0 saturated carbocycles. The van der Waals surface area contributed by atoms with Crippen LogP contribution in [0.25, 0.3) is 0 Å². The third-order valence-electron chi connectivity index (χ3n) is 2.13. The van der Waals surface area contributed by atoms with E-state index in [1.165, 1.54) is 0 Å². The van der Waals surface area contributed by atoms with Crippen molar-refractivity contribution in [1.29, 1.82) is 0 Å². The maximum atomic E-state index is 10.2. The molecule has 1 N–H and O–H groups in total. The van der Waals surface area contributed by atoms with Gasteiger partial charge in [0.25, 0.3) is 0 Å². The van der Waals surface area contributed by atoms with Crippen LogP contribution in [-0.4, -0.2) is 18.1 Å². The van der Waals surface area contributed by atoms with Gasteiger partial charge in [-0.2, -0.15) is 4.91 Å². The molecule has 0 bridgehead atoms. The standard InChI is InChI=1S/C7H14N2O/c1-3-6-7(9-10)4-5(2)8-6/h5-8H,3-4H2,1-2H3/t5-,6?,7?/m1/s1. The highest BCUT2D eigenvalue weighted by atomic mass is 16.3. The Balaban J connectivity index is 2.48. The normalized spacial score (nSPS) is 40.0. The van der Waals surface area contributed by atoms with E-state index in [-0.39, 0.29) is 6.04 Å². The van der Waals surface area contributed by atoms with E-state index in [2.05, 4.69) is 24.3 Å². The summed E-state index contributed by atoms with van der Waals surface area (Å²) in [6.07, 6.45) is 1.91. The minimum absolute atomic E-state index is 0.0139. The summed E-state index contributed by atoms with van der Waals surface area (Å²) in [6, 6.07) is 0.806. The lowest BCUT2D eigenvalue weighted by molar-refractivity contribution is 0.514. The first kappa shape index (κ1) is 7.66. The van der Waals surface area contributed by atoms with Gasteiger partial charge in [-0.1, -0.05) is 12.1 Å². The molecule has 0 aromatic rings. The Kier molecular flexibility index (Phi) is 2.38. The molecule has 10 heavy (non-hydrogen) atoms. The largest absolute Gasteiger partial charge is 0.309 e. The van der Waals surface area contributed by atoms with E-state index in [9.17, 15) is 4.91 Å². The maximum Gasteiger partial charge on any atom is 0.109 e. The predicted molar refractivity (Wildman–Crippen MR) is 40.9 cm³/mol. The quantitative estimate of drug-likeness (QED) is 0.590. The molecule has 0 aliphatic carbocycles. The first-order valence-corrected chi connectivity index (χ1v) is 3.86. The van der Waals surface area contributed by atoms with Crippen LogP contribution in [0.15, 0.2) is 5.18 Å². The number of hydrogen-bond donors (Lipinski definition) is 1. The Morgan fingerprint density at radius 1 is 1.70 bits per heavy atom. The van der Waals surface area contributed by atoms with Gasteiger partial charge in [-0.25, -0.2) is 0 Å². The first-order chi connectivity index (χ1) is 4.77. The van der Waals surface area contributed by atoms with Gasteiger partial charge in [0.15, 0.2) is 0 Å². The minimum Gasteiger partial charge on any atom is -0.309 e. The third-order valence-corrected chi connectivity index (χ3v) is 2.13. The number of hydrogen-bond acceptors (Lipinski definition) is 3. The third kappa shape index (κ3) is 1.34. The molecule has 2 unspecified atom stereocenters. The Hall–Kier alpha value is -0.440. The summed E-state index contributed by atoms with van der Waals surface area (Å²) in [7, 11) is 0. The second-order valence-corrected chi connectivity index (χ2v) is 2.99. The van der Waals surface area contributed by atoms with Gasteiger partial charge in [-0.05, 0) is 19.8 Å². The number of nitroso groups, excluding NO2 is 1. The zero-order chi connectivity index (χ0) is 7.56. The van der Waals surface area contributed by atoms with Crippen LogP contribution >= 0.6 is 0 Å². The average molecular weight is 142 g/mol. The molecule has 1 rings (SSSR count). The Labute approximate surface area is 61.2 Å². The zero-order valence-electron chi connectivity index (χ0n) is 6.50. The van der Waals surface area contributed by atoms with E-state index < -0.39 is 0 Å². The predicted octanol–water partition coefficient (Wildman–Crippen LogP) is 1.28. The molecule has 3 nitrogen and oxygen atoms in total. The summed E-state index contributed by atoms with van der Waals surface area (Å²) in [6.45, 7) is 4.17. The fourth-order valence-corrected chi connectivity index (χ4v) is 1.58. The second-order valence-electron chi connectivity index (χ2n) is 2.99. The molecule has 1 fully saturated rings. The van der Waals surface area contributed by atoms with Crippen molar-refractivity contribution in [1.82, 2.24) is 5.32 Å². The van der Waals surface area contributed by atoms with Crippen LogP contribution in [0.2, 0.25) is 0 Å². The Morgan fingerprint density at radius 2 is 2.40 bits per heavy atom. The molecule has 1 aliphatic rings. The minimum atomic E-state index is 0.0139. The van der Waals surface area contributed by atoms with Crippen molar-refractivity contribution < 1.29 is 0 Å². The fraction of sp³-hybridized carbons (Fsp3) is 1.00. The average Bonchev–Trinajstić information content (AvgIpc) is 2.30. The van der Waals surface area contributed by atoms with Crippen LogP contribution in [0.1, 0.15) is 26.7 Å². The molecule has 1 heterocycles. The van der Waals surface area contributed by atoms with Gasteiger partial charge in [0.1, 0.15) is 6.04 Å². The van der Waals surface area contributed by atoms with Crippen molar-refractivity contribution in [3.63, 3.8) is 0 Å². The summed E-state index contributed by atoms with van der Waals surface area (Å²) in [5.41, 5.74) is 0. The van der Waals surface area contributed by atoms with Crippen LogP contribution in [0.3, 0.4) is 0 Å². The zero-order valence-corrected chi connectivity index (χ0v) is 6.50. The molecule has 0 spiro atoms. The van der Waals surface area contributed by atoms with Crippen LogP contribution in [0.4, 0.5) is 0 Å². The molecule has 0 aromatic heterocycles. The highest BCUT2D eigenvalue weighted by Crippen LogP contribution is 2.18. The van der Waals surface area contributed by atoms with E-state index in [1.807, 2.05) is 0 Å². The molecule has 1 aliphatic heterocycles. The Morgan fingerprint density at radius 3 is 2.80 bits per heavy atom. The van der Waals surface area contributed by atoms with Gasteiger partial charge < -0.3 is 5.32 Å². The van der Waals surface area contributed by atoms with E-state index in [0.29, 0.717) is 12.1 Å². The lowest BCUT2D eigenvalue weighted by Gasteiger charge is -2.09. The fourth-order valence-electron chi connectivity index (χ4n) is 1.58. The summed E-state index contributed by atoms with van der Waals surface area (Å²) in [5, 5.41) is 6.39. The van der Waals surface area contributed by atoms with Crippen molar-refractivity contribution in [2.75, 3.05) is 0 Å². The van der Waals surface area contributed by atoms with E-state index >= 15 is 0 Å². The summed E-state index contributed by atoms with van der Waals surface area (Å²) in [5.74, 6) is 0. The molecule has 0 radical (unpaired) electrons. The topological polar surface area (TPSA) is 41.5 Å². The van der Waals surface area contributed by atoms with Crippen LogP contribution in [0, 0.1) is 4.91 Å². The van der Waals surface area contributed by atoms with Crippen LogP contribution < -0.4 is 5.32 Å². The highest BCUT2D eigenvalue weighted by molar-refractivity contribution is 4.92. The lowest BCUT2D eigenvalue weighted by atomic mass is 10.1. The summed E-state index contributed by atoms with van der Waals surface area (Å²) in [4.78, 5) is 10.2. The highest BCUT2D eigenvalue weighted by Gasteiger charge is 2.30. The SMILES string of the molecule is CCC1N[C@H](C)CC1N=O. The molecule has 1 saturated heterocycles. The molecular weight excluding hydrogens is 128 g/mol. The van der Waals surface area contributed by atoms with Gasteiger partial charge >= 0.3 is 0 Å². The van der Waals surface area contributed by atoms with Gasteiger partial charge in [0.05, 0.1) is 0 Å². The molecule has 58 valence electrons. The second kappa shape index (κ2) is 3.10. The smallest absolute Gasteiger partial charge is 0.109 e. The summed E-state index contributed by atoms with van der Waals surface area (Å²) >= 11 is 0. The van der Waals surface area contributed by atoms with Crippen molar-refractivity contribution in [3.8, 4) is 0 Å². The molecule has 0 amide bonds. The van der Waals surface area contributed by atoms with Gasteiger partial charge in [-0.15, -0.1) is 0 Å². The van der Waals surface area contributed by atoms with Crippen molar-refractivity contribution in [2.45, 2.75) is 44.8 Å². The summed E-state index contributed by atoms with van der Waals surface area (Å²) < 4.78 is 0. The maximum absolute atomic E-state index is 10.2. The number of nitrogens with zero attached hydrogens (tertiary/aromatic N) is 1. The number of nitrogens with one attached hydrogen (secondary N) is 1. The van der Waals surface area contributed by atoms with E-state index in [1.54, 1.807) is 0 Å².